The first kappa shape index (κ1) is 20.1. The average molecular weight is 400 g/mol. The van der Waals surface area contributed by atoms with Crippen LogP contribution in [0.25, 0.3) is 21.3 Å². The van der Waals surface area contributed by atoms with Crippen LogP contribution >= 0.6 is 11.3 Å². The Morgan fingerprint density at radius 1 is 1.32 bits per heavy atom. The zero-order valence-electron chi connectivity index (χ0n) is 16.8. The van der Waals surface area contributed by atoms with Gasteiger partial charge >= 0.3 is 0 Å². The van der Waals surface area contributed by atoms with Crippen molar-refractivity contribution in [1.29, 1.82) is 0 Å². The molecule has 1 aromatic carbocycles. The number of amides is 1. The summed E-state index contributed by atoms with van der Waals surface area (Å²) < 4.78 is 6.84. The van der Waals surface area contributed by atoms with E-state index in [4.69, 9.17) is 15.5 Å². The zero-order valence-corrected chi connectivity index (χ0v) is 17.6. The minimum absolute atomic E-state index is 0.208. The summed E-state index contributed by atoms with van der Waals surface area (Å²) in [5, 5.41) is 0.545. The molecular formula is C21H25N3O3S. The molecule has 0 aliphatic rings. The summed E-state index contributed by atoms with van der Waals surface area (Å²) in [7, 11) is 1.64. The first-order chi connectivity index (χ1) is 13.3. The van der Waals surface area contributed by atoms with E-state index >= 15 is 0 Å². The topological polar surface area (TPSA) is 87.2 Å². The van der Waals surface area contributed by atoms with Crippen molar-refractivity contribution in [2.45, 2.75) is 46.6 Å². The molecule has 0 saturated heterocycles. The molecule has 7 heteroatoms. The first-order valence-electron chi connectivity index (χ1n) is 9.32. The van der Waals surface area contributed by atoms with E-state index in [0.717, 1.165) is 27.3 Å². The lowest BCUT2D eigenvalue weighted by molar-refractivity contribution is -0.121. The van der Waals surface area contributed by atoms with Crippen molar-refractivity contribution in [1.82, 2.24) is 9.55 Å². The van der Waals surface area contributed by atoms with Crippen molar-refractivity contribution in [3.8, 4) is 16.9 Å². The number of primary amides is 1. The predicted octanol–water partition coefficient (Wildman–Crippen LogP) is 3.75. The van der Waals surface area contributed by atoms with Crippen LogP contribution in [0.3, 0.4) is 0 Å². The van der Waals surface area contributed by atoms with Gasteiger partial charge < -0.3 is 10.5 Å². The summed E-state index contributed by atoms with van der Waals surface area (Å²) in [6.07, 6.45) is 0.985. The number of hydrogen-bond acceptors (Lipinski definition) is 5. The van der Waals surface area contributed by atoms with Crippen LogP contribution in [-0.2, 0) is 11.2 Å². The minimum atomic E-state index is -0.704. The van der Waals surface area contributed by atoms with Crippen molar-refractivity contribution < 1.29 is 9.53 Å². The van der Waals surface area contributed by atoms with Crippen LogP contribution in [0.4, 0.5) is 0 Å². The molecule has 1 unspecified atom stereocenters. The summed E-state index contributed by atoms with van der Waals surface area (Å²) in [4.78, 5) is 31.9. The SMILES string of the molecule is CCc1nc2sc(C)c(-c3ccc(OC)c(C)c3)c2c(=O)n1C(CC)C(N)=O. The summed E-state index contributed by atoms with van der Waals surface area (Å²) in [6.45, 7) is 7.73. The maximum absolute atomic E-state index is 13.5. The van der Waals surface area contributed by atoms with Crippen LogP contribution in [-0.4, -0.2) is 22.6 Å². The number of benzene rings is 1. The summed E-state index contributed by atoms with van der Waals surface area (Å²) in [5.41, 5.74) is 8.16. The maximum atomic E-state index is 13.5. The Labute approximate surface area is 168 Å². The standard InChI is InChI=1S/C21H25N3O3S/c1-6-14(19(22)25)24-16(7-2)23-20-18(21(24)26)17(12(4)28-20)13-8-9-15(27-5)11(3)10-13/h8-10,14H,6-7H2,1-5H3,(H2,22,25). The molecule has 148 valence electrons. The van der Waals surface area contributed by atoms with Gasteiger partial charge in [0.15, 0.2) is 0 Å². The molecule has 0 fully saturated rings. The van der Waals surface area contributed by atoms with Crippen LogP contribution in [0.2, 0.25) is 0 Å². The smallest absolute Gasteiger partial charge is 0.263 e. The van der Waals surface area contributed by atoms with Crippen molar-refractivity contribution in [2.75, 3.05) is 7.11 Å². The van der Waals surface area contributed by atoms with Gasteiger partial charge in [0.25, 0.3) is 5.56 Å². The first-order valence-corrected chi connectivity index (χ1v) is 10.1. The van der Waals surface area contributed by atoms with Crippen LogP contribution in [0, 0.1) is 13.8 Å². The van der Waals surface area contributed by atoms with Gasteiger partial charge in [0, 0.05) is 16.9 Å². The molecule has 0 bridgehead atoms. The Bertz CT molecular complexity index is 1110. The molecule has 2 aromatic heterocycles. The third-order valence-electron chi connectivity index (χ3n) is 5.03. The Balaban J connectivity index is 2.37. The molecule has 6 nitrogen and oxygen atoms in total. The Morgan fingerprint density at radius 3 is 2.57 bits per heavy atom. The van der Waals surface area contributed by atoms with Crippen molar-refractivity contribution in [2.24, 2.45) is 5.73 Å². The molecule has 0 spiro atoms. The fraction of sp³-hybridized carbons (Fsp3) is 0.381. The minimum Gasteiger partial charge on any atom is -0.496 e. The molecule has 3 aromatic rings. The molecule has 0 saturated carbocycles. The normalized spacial score (nSPS) is 12.3. The van der Waals surface area contributed by atoms with E-state index in [1.54, 1.807) is 7.11 Å². The fourth-order valence-electron chi connectivity index (χ4n) is 3.68. The number of thiophene rings is 1. The monoisotopic (exact) mass is 399 g/mol. The van der Waals surface area contributed by atoms with E-state index in [-0.39, 0.29) is 5.56 Å². The zero-order chi connectivity index (χ0) is 20.6. The maximum Gasteiger partial charge on any atom is 0.263 e. The highest BCUT2D eigenvalue weighted by Crippen LogP contribution is 2.37. The van der Waals surface area contributed by atoms with Gasteiger partial charge in [0.2, 0.25) is 5.91 Å². The second-order valence-electron chi connectivity index (χ2n) is 6.78. The summed E-state index contributed by atoms with van der Waals surface area (Å²) in [6, 6.07) is 5.16. The summed E-state index contributed by atoms with van der Waals surface area (Å²) >= 11 is 1.50. The van der Waals surface area contributed by atoms with E-state index in [2.05, 4.69) is 0 Å². The average Bonchev–Trinajstić information content (AvgIpc) is 2.99. The quantitative estimate of drug-likeness (QED) is 0.684. The Hall–Kier alpha value is -2.67. The van der Waals surface area contributed by atoms with E-state index in [1.807, 2.05) is 45.9 Å². The van der Waals surface area contributed by atoms with Crippen LogP contribution in [0.15, 0.2) is 23.0 Å². The highest BCUT2D eigenvalue weighted by Gasteiger charge is 2.25. The fourth-order valence-corrected chi connectivity index (χ4v) is 4.73. The Kier molecular flexibility index (Phi) is 5.56. The van der Waals surface area contributed by atoms with Gasteiger partial charge in [-0.3, -0.25) is 14.2 Å². The highest BCUT2D eigenvalue weighted by atomic mass is 32.1. The van der Waals surface area contributed by atoms with Crippen LogP contribution in [0.5, 0.6) is 5.75 Å². The summed E-state index contributed by atoms with van der Waals surface area (Å²) in [5.74, 6) is 0.862. The van der Waals surface area contributed by atoms with Crippen LogP contribution < -0.4 is 16.0 Å². The van der Waals surface area contributed by atoms with Gasteiger partial charge in [0.1, 0.15) is 22.4 Å². The number of carbonyl (C=O) groups is 1. The lowest BCUT2D eigenvalue weighted by Crippen LogP contribution is -2.36. The molecule has 3 rings (SSSR count). The van der Waals surface area contributed by atoms with Gasteiger partial charge in [0.05, 0.1) is 12.5 Å². The molecule has 0 aliphatic carbocycles. The van der Waals surface area contributed by atoms with Gasteiger partial charge in [-0.05, 0) is 43.5 Å². The molecular weight excluding hydrogens is 374 g/mol. The number of ether oxygens (including phenoxy) is 1. The highest BCUT2D eigenvalue weighted by molar-refractivity contribution is 7.19. The molecule has 2 N–H and O–H groups in total. The van der Waals surface area contributed by atoms with E-state index in [1.165, 1.54) is 15.9 Å². The number of hydrogen-bond donors (Lipinski definition) is 1. The van der Waals surface area contributed by atoms with Crippen LogP contribution in [0.1, 0.15) is 42.6 Å². The van der Waals surface area contributed by atoms with E-state index in [0.29, 0.717) is 28.9 Å². The number of nitrogens with two attached hydrogens (primary N) is 1. The van der Waals surface area contributed by atoms with Gasteiger partial charge in [-0.2, -0.15) is 0 Å². The number of methoxy groups -OCH3 is 1. The van der Waals surface area contributed by atoms with Gasteiger partial charge in [-0.15, -0.1) is 11.3 Å². The number of aromatic nitrogens is 2. The largest absolute Gasteiger partial charge is 0.496 e. The second kappa shape index (κ2) is 7.75. The number of fused-ring (bicyclic) bond motifs is 1. The van der Waals surface area contributed by atoms with Gasteiger partial charge in [-0.1, -0.05) is 19.9 Å². The van der Waals surface area contributed by atoms with E-state index in [9.17, 15) is 9.59 Å². The third kappa shape index (κ3) is 3.20. The number of carbonyl (C=O) groups excluding carboxylic acids is 1. The van der Waals surface area contributed by atoms with Crippen molar-refractivity contribution >= 4 is 27.5 Å². The second-order valence-corrected chi connectivity index (χ2v) is 7.98. The Morgan fingerprint density at radius 2 is 2.04 bits per heavy atom. The number of nitrogens with zero attached hydrogens (tertiary/aromatic N) is 2. The lowest BCUT2D eigenvalue weighted by Gasteiger charge is -2.18. The van der Waals surface area contributed by atoms with Crippen molar-refractivity contribution in [3.05, 3.63) is 44.8 Å². The molecule has 28 heavy (non-hydrogen) atoms. The number of rotatable bonds is 6. The molecule has 0 radical (unpaired) electrons. The predicted molar refractivity (Wildman–Crippen MR) is 113 cm³/mol. The molecule has 1 atom stereocenters. The van der Waals surface area contributed by atoms with E-state index < -0.39 is 11.9 Å². The molecule has 1 amide bonds. The third-order valence-corrected chi connectivity index (χ3v) is 6.03. The van der Waals surface area contributed by atoms with Crippen molar-refractivity contribution in [3.63, 3.8) is 0 Å². The molecule has 2 heterocycles. The van der Waals surface area contributed by atoms with Gasteiger partial charge in [-0.25, -0.2) is 4.98 Å². The lowest BCUT2D eigenvalue weighted by atomic mass is 10.0. The number of aryl methyl sites for hydroxylation is 3. The molecule has 0 aliphatic heterocycles.